The maximum absolute atomic E-state index is 11.8. The molecule has 1 heterocycles. The molecule has 4 nitrogen and oxygen atoms in total. The Morgan fingerprint density at radius 3 is 2.88 bits per heavy atom. The largest absolute Gasteiger partial charge is 0.461 e. The first-order valence-electron chi connectivity index (χ1n) is 6.21. The second kappa shape index (κ2) is 5.49. The zero-order valence-corrected chi connectivity index (χ0v) is 10.9. The van der Waals surface area contributed by atoms with E-state index >= 15 is 0 Å². The molecule has 5 heteroatoms. The molecule has 0 bridgehead atoms. The fraction of sp³-hybridized carbons (Fsp3) is 0.667. The van der Waals surface area contributed by atoms with Crippen molar-refractivity contribution in [2.75, 3.05) is 6.61 Å². The molecular weight excluding hydrogens is 236 g/mol. The summed E-state index contributed by atoms with van der Waals surface area (Å²) in [7, 11) is 0. The lowest BCUT2D eigenvalue weighted by molar-refractivity contribution is 0.0509. The van der Waals surface area contributed by atoms with Crippen LogP contribution in [-0.4, -0.2) is 22.1 Å². The van der Waals surface area contributed by atoms with Crippen molar-refractivity contribution in [1.29, 1.82) is 0 Å². The Kier molecular flexibility index (Phi) is 3.99. The molecule has 17 heavy (non-hydrogen) atoms. The first kappa shape index (κ1) is 12.4. The Morgan fingerprint density at radius 1 is 1.53 bits per heavy atom. The van der Waals surface area contributed by atoms with Crippen LogP contribution in [0, 0.1) is 4.77 Å². The van der Waals surface area contributed by atoms with E-state index < -0.39 is 0 Å². The molecule has 0 spiro atoms. The fourth-order valence-electron chi connectivity index (χ4n) is 2.44. The van der Waals surface area contributed by atoms with E-state index in [0.717, 1.165) is 12.8 Å². The number of esters is 1. The zero-order chi connectivity index (χ0) is 12.3. The predicted molar refractivity (Wildman–Crippen MR) is 67.7 cm³/mol. The van der Waals surface area contributed by atoms with Crippen molar-refractivity contribution >= 4 is 18.2 Å². The van der Waals surface area contributed by atoms with E-state index in [-0.39, 0.29) is 5.97 Å². The van der Waals surface area contributed by atoms with Crippen LogP contribution in [-0.2, 0) is 4.74 Å². The SMILES string of the molecule is CCOC(=O)c1c[nH]c(=S)n1C1CCCCC1. The third-order valence-corrected chi connectivity index (χ3v) is 3.55. The Morgan fingerprint density at radius 2 is 2.24 bits per heavy atom. The van der Waals surface area contributed by atoms with E-state index in [1.165, 1.54) is 19.3 Å². The van der Waals surface area contributed by atoms with Crippen LogP contribution in [0.1, 0.15) is 55.6 Å². The van der Waals surface area contributed by atoms with Gasteiger partial charge in [-0.25, -0.2) is 4.79 Å². The number of hydrogen-bond acceptors (Lipinski definition) is 3. The predicted octanol–water partition coefficient (Wildman–Crippen LogP) is 3.23. The van der Waals surface area contributed by atoms with Crippen LogP contribution in [0.25, 0.3) is 0 Å². The minimum Gasteiger partial charge on any atom is -0.461 e. The number of carbonyl (C=O) groups is 1. The topological polar surface area (TPSA) is 47.0 Å². The van der Waals surface area contributed by atoms with Crippen LogP contribution in [0.3, 0.4) is 0 Å². The van der Waals surface area contributed by atoms with Crippen molar-refractivity contribution in [1.82, 2.24) is 9.55 Å². The van der Waals surface area contributed by atoms with Crippen molar-refractivity contribution < 1.29 is 9.53 Å². The highest BCUT2D eigenvalue weighted by Crippen LogP contribution is 2.29. The number of aromatic nitrogens is 2. The maximum atomic E-state index is 11.8. The smallest absolute Gasteiger partial charge is 0.356 e. The number of ether oxygens (including phenoxy) is 1. The summed E-state index contributed by atoms with van der Waals surface area (Å²) in [6, 6.07) is 0.349. The van der Waals surface area contributed by atoms with E-state index in [0.29, 0.717) is 23.1 Å². The molecule has 1 aromatic rings. The number of nitrogens with zero attached hydrogens (tertiary/aromatic N) is 1. The van der Waals surface area contributed by atoms with Gasteiger partial charge in [-0.3, -0.25) is 0 Å². The van der Waals surface area contributed by atoms with Gasteiger partial charge in [0.1, 0.15) is 5.69 Å². The number of imidazole rings is 1. The molecule has 2 rings (SSSR count). The highest BCUT2D eigenvalue weighted by atomic mass is 32.1. The van der Waals surface area contributed by atoms with E-state index in [2.05, 4.69) is 4.98 Å². The van der Waals surface area contributed by atoms with Gasteiger partial charge in [-0.1, -0.05) is 19.3 Å². The number of carbonyl (C=O) groups excluding carboxylic acids is 1. The monoisotopic (exact) mass is 254 g/mol. The minimum atomic E-state index is -0.287. The molecule has 0 aromatic carbocycles. The molecule has 0 saturated heterocycles. The first-order valence-corrected chi connectivity index (χ1v) is 6.62. The minimum absolute atomic E-state index is 0.287. The number of hydrogen-bond donors (Lipinski definition) is 1. The molecular formula is C12H18N2O2S. The lowest BCUT2D eigenvalue weighted by atomic mass is 9.95. The van der Waals surface area contributed by atoms with E-state index in [4.69, 9.17) is 17.0 Å². The molecule has 94 valence electrons. The van der Waals surface area contributed by atoms with Gasteiger partial charge in [0.2, 0.25) is 0 Å². The standard InChI is InChI=1S/C12H18N2O2S/c1-2-16-11(15)10-8-13-12(17)14(10)9-6-4-3-5-7-9/h8-9H,2-7H2,1H3,(H,13,17). The van der Waals surface area contributed by atoms with Crippen LogP contribution in [0.15, 0.2) is 6.20 Å². The number of aromatic amines is 1. The summed E-state index contributed by atoms with van der Waals surface area (Å²) in [5, 5.41) is 0. The average Bonchev–Trinajstić information content (AvgIpc) is 2.73. The van der Waals surface area contributed by atoms with E-state index in [1.54, 1.807) is 6.20 Å². The average molecular weight is 254 g/mol. The molecule has 1 aliphatic carbocycles. The number of rotatable bonds is 3. The second-order valence-electron chi connectivity index (χ2n) is 4.36. The molecule has 0 unspecified atom stereocenters. The molecule has 0 atom stereocenters. The summed E-state index contributed by atoms with van der Waals surface area (Å²) in [4.78, 5) is 14.8. The summed E-state index contributed by atoms with van der Waals surface area (Å²) in [6.45, 7) is 2.20. The van der Waals surface area contributed by atoms with Crippen LogP contribution in [0.5, 0.6) is 0 Å². The van der Waals surface area contributed by atoms with Gasteiger partial charge in [0, 0.05) is 12.2 Å². The van der Waals surface area contributed by atoms with Crippen LogP contribution < -0.4 is 0 Å². The quantitative estimate of drug-likeness (QED) is 0.665. The highest BCUT2D eigenvalue weighted by molar-refractivity contribution is 7.71. The highest BCUT2D eigenvalue weighted by Gasteiger charge is 2.22. The molecule has 1 N–H and O–H groups in total. The van der Waals surface area contributed by atoms with Gasteiger partial charge < -0.3 is 14.3 Å². The van der Waals surface area contributed by atoms with Gasteiger partial charge in [-0.2, -0.15) is 0 Å². The van der Waals surface area contributed by atoms with Gasteiger partial charge in [0.25, 0.3) is 0 Å². The van der Waals surface area contributed by atoms with Gasteiger partial charge in [-0.15, -0.1) is 0 Å². The van der Waals surface area contributed by atoms with E-state index in [1.807, 2.05) is 11.5 Å². The summed E-state index contributed by atoms with van der Waals surface area (Å²) >= 11 is 5.26. The van der Waals surface area contributed by atoms with Gasteiger partial charge in [0.05, 0.1) is 6.61 Å². The molecule has 1 aliphatic rings. The summed E-state index contributed by atoms with van der Waals surface area (Å²) in [5.41, 5.74) is 0.559. The van der Waals surface area contributed by atoms with E-state index in [9.17, 15) is 4.79 Å². The Hall–Kier alpha value is -1.10. The van der Waals surface area contributed by atoms with Crippen molar-refractivity contribution in [3.8, 4) is 0 Å². The summed E-state index contributed by atoms with van der Waals surface area (Å²) in [6.07, 6.45) is 7.55. The molecule has 0 aliphatic heterocycles. The van der Waals surface area contributed by atoms with Gasteiger partial charge in [-0.05, 0) is 32.0 Å². The van der Waals surface area contributed by atoms with Gasteiger partial charge >= 0.3 is 5.97 Å². The summed E-state index contributed by atoms with van der Waals surface area (Å²) in [5.74, 6) is -0.287. The molecule has 0 amide bonds. The third kappa shape index (κ3) is 2.60. The van der Waals surface area contributed by atoms with Crippen molar-refractivity contribution in [2.24, 2.45) is 0 Å². The normalized spacial score (nSPS) is 17.0. The number of nitrogens with one attached hydrogen (secondary N) is 1. The molecule has 1 aromatic heterocycles. The first-order chi connectivity index (χ1) is 8.24. The zero-order valence-electron chi connectivity index (χ0n) is 10.1. The maximum Gasteiger partial charge on any atom is 0.356 e. The Balaban J connectivity index is 2.28. The summed E-state index contributed by atoms with van der Waals surface area (Å²) < 4.78 is 7.61. The van der Waals surface area contributed by atoms with Crippen LogP contribution in [0.2, 0.25) is 0 Å². The lowest BCUT2D eigenvalue weighted by Crippen LogP contribution is -2.19. The Bertz CT molecular complexity index is 444. The molecule has 0 radical (unpaired) electrons. The second-order valence-corrected chi connectivity index (χ2v) is 4.75. The number of H-pyrrole nitrogens is 1. The van der Waals surface area contributed by atoms with Crippen molar-refractivity contribution in [2.45, 2.75) is 45.1 Å². The molecule has 1 fully saturated rings. The third-order valence-electron chi connectivity index (χ3n) is 3.24. The van der Waals surface area contributed by atoms with Crippen molar-refractivity contribution in [3.63, 3.8) is 0 Å². The van der Waals surface area contributed by atoms with Crippen molar-refractivity contribution in [3.05, 3.63) is 16.7 Å². The Labute approximate surface area is 106 Å². The lowest BCUT2D eigenvalue weighted by Gasteiger charge is -2.24. The van der Waals surface area contributed by atoms with Crippen LogP contribution in [0.4, 0.5) is 0 Å². The van der Waals surface area contributed by atoms with Gasteiger partial charge in [0.15, 0.2) is 4.77 Å². The van der Waals surface area contributed by atoms with Crippen LogP contribution >= 0.6 is 12.2 Å². The molecule has 1 saturated carbocycles. The fourth-order valence-corrected chi connectivity index (χ4v) is 2.75.